The van der Waals surface area contributed by atoms with E-state index in [1.807, 2.05) is 0 Å². The van der Waals surface area contributed by atoms with E-state index < -0.39 is 12.2 Å². The quantitative estimate of drug-likeness (QED) is 0.251. The Morgan fingerprint density at radius 1 is 0.800 bits per heavy atom. The van der Waals surface area contributed by atoms with E-state index in [4.69, 9.17) is 0 Å². The molecule has 0 bridgehead atoms. The summed E-state index contributed by atoms with van der Waals surface area (Å²) in [5.74, 6) is -0.619. The highest BCUT2D eigenvalue weighted by molar-refractivity contribution is 5.39. The molecule has 0 aromatic heterocycles. The van der Waals surface area contributed by atoms with Crippen LogP contribution in [-0.2, 0) is 25.7 Å². The summed E-state index contributed by atoms with van der Waals surface area (Å²) in [5.41, 5.74) is 5.36. The molecule has 0 amide bonds. The summed E-state index contributed by atoms with van der Waals surface area (Å²) in [4.78, 5) is 0. The van der Waals surface area contributed by atoms with Crippen LogP contribution in [0.3, 0.4) is 0 Å². The number of ether oxygens (including phenoxy) is 1. The molecule has 2 aliphatic rings. The van der Waals surface area contributed by atoms with Crippen molar-refractivity contribution in [3.05, 3.63) is 99.6 Å². The van der Waals surface area contributed by atoms with Crippen LogP contribution in [0.2, 0.25) is 0 Å². The number of alkyl halides is 3. The number of hydrogen-bond acceptors (Lipinski definition) is 1. The zero-order chi connectivity index (χ0) is 28.3. The van der Waals surface area contributed by atoms with Crippen molar-refractivity contribution in [2.45, 2.75) is 95.8 Å². The molecular formula is C34H37F5O. The molecule has 2 aliphatic carbocycles. The van der Waals surface area contributed by atoms with E-state index in [0.717, 1.165) is 62.5 Å². The summed E-state index contributed by atoms with van der Waals surface area (Å²) in [7, 11) is 0. The van der Waals surface area contributed by atoms with Gasteiger partial charge in [0.25, 0.3) is 0 Å². The first-order chi connectivity index (χ1) is 19.2. The van der Waals surface area contributed by atoms with Crippen LogP contribution in [0.4, 0.5) is 22.0 Å². The highest BCUT2D eigenvalue weighted by atomic mass is 19.4. The van der Waals surface area contributed by atoms with Crippen molar-refractivity contribution in [2.75, 3.05) is 0 Å². The van der Waals surface area contributed by atoms with Crippen LogP contribution in [0.5, 0.6) is 5.75 Å². The van der Waals surface area contributed by atoms with E-state index in [0.29, 0.717) is 30.7 Å². The van der Waals surface area contributed by atoms with Crippen molar-refractivity contribution in [3.63, 3.8) is 0 Å². The van der Waals surface area contributed by atoms with Crippen molar-refractivity contribution in [3.8, 4) is 5.75 Å². The van der Waals surface area contributed by atoms with Crippen molar-refractivity contribution in [2.24, 2.45) is 5.92 Å². The van der Waals surface area contributed by atoms with Gasteiger partial charge in [-0.1, -0.05) is 49.7 Å². The fourth-order valence-electron chi connectivity index (χ4n) is 6.75. The predicted octanol–water partition coefficient (Wildman–Crippen LogP) is 9.99. The topological polar surface area (TPSA) is 9.23 Å². The Balaban J connectivity index is 1.19. The molecule has 0 N–H and O–H groups in total. The molecule has 40 heavy (non-hydrogen) atoms. The number of rotatable bonds is 8. The van der Waals surface area contributed by atoms with Gasteiger partial charge in [0.15, 0.2) is 0 Å². The second-order valence-corrected chi connectivity index (χ2v) is 11.6. The minimum Gasteiger partial charge on any atom is -0.406 e. The Kier molecular flexibility index (Phi) is 8.82. The van der Waals surface area contributed by atoms with E-state index >= 15 is 8.78 Å². The summed E-state index contributed by atoms with van der Waals surface area (Å²) < 4.78 is 72.4. The van der Waals surface area contributed by atoms with E-state index in [9.17, 15) is 13.2 Å². The molecule has 1 nitrogen and oxygen atoms in total. The van der Waals surface area contributed by atoms with Gasteiger partial charge in [0.05, 0.1) is 0 Å². The highest BCUT2D eigenvalue weighted by Gasteiger charge is 2.33. The van der Waals surface area contributed by atoms with Crippen LogP contribution in [-0.4, -0.2) is 6.36 Å². The van der Waals surface area contributed by atoms with E-state index in [1.54, 1.807) is 18.2 Å². The van der Waals surface area contributed by atoms with Crippen LogP contribution in [0.25, 0.3) is 0 Å². The summed E-state index contributed by atoms with van der Waals surface area (Å²) in [6.07, 6.45) is 4.58. The third-order valence-corrected chi connectivity index (χ3v) is 8.88. The van der Waals surface area contributed by atoms with Crippen LogP contribution in [0.1, 0.15) is 97.1 Å². The lowest BCUT2D eigenvalue weighted by Gasteiger charge is -2.32. The fraction of sp³-hybridized carbons (Fsp3) is 0.471. The third-order valence-electron chi connectivity index (χ3n) is 8.88. The normalized spacial score (nSPS) is 21.2. The van der Waals surface area contributed by atoms with E-state index in [1.165, 1.54) is 23.3 Å². The zero-order valence-electron chi connectivity index (χ0n) is 23.0. The molecule has 0 aliphatic heterocycles. The zero-order valence-corrected chi connectivity index (χ0v) is 23.0. The lowest BCUT2D eigenvalue weighted by Crippen LogP contribution is -2.20. The number of aryl methyl sites for hydroxylation is 2. The van der Waals surface area contributed by atoms with Gasteiger partial charge in [-0.05, 0) is 128 Å². The predicted molar refractivity (Wildman–Crippen MR) is 148 cm³/mol. The van der Waals surface area contributed by atoms with Crippen LogP contribution >= 0.6 is 0 Å². The highest BCUT2D eigenvalue weighted by Crippen LogP contribution is 2.44. The molecule has 3 aromatic carbocycles. The molecule has 0 heterocycles. The Hall–Kier alpha value is -2.89. The molecule has 1 saturated carbocycles. The minimum absolute atomic E-state index is 0.156. The van der Waals surface area contributed by atoms with Gasteiger partial charge >= 0.3 is 6.36 Å². The lowest BCUT2D eigenvalue weighted by molar-refractivity contribution is -0.274. The smallest absolute Gasteiger partial charge is 0.406 e. The second kappa shape index (κ2) is 12.3. The maximum Gasteiger partial charge on any atom is 0.573 e. The fourth-order valence-corrected chi connectivity index (χ4v) is 6.75. The van der Waals surface area contributed by atoms with Gasteiger partial charge in [-0.3, -0.25) is 0 Å². The van der Waals surface area contributed by atoms with Crippen LogP contribution in [0, 0.1) is 17.6 Å². The molecule has 0 saturated heterocycles. The Labute approximate surface area is 233 Å². The number of halogens is 5. The molecule has 1 fully saturated rings. The van der Waals surface area contributed by atoms with Crippen LogP contribution < -0.4 is 4.74 Å². The number of hydrogen-bond donors (Lipinski definition) is 0. The summed E-state index contributed by atoms with van der Waals surface area (Å²) >= 11 is 0. The minimum atomic E-state index is -4.72. The molecule has 1 unspecified atom stereocenters. The van der Waals surface area contributed by atoms with E-state index in [2.05, 4.69) is 35.9 Å². The first kappa shape index (κ1) is 28.6. The standard InChI is InChI=1S/C34H37F5O/c1-2-3-22-4-6-23(7-5-22)8-9-24-10-19-30-28(20-24)21-31(35)32(33(30)36)27-13-11-25(12-14-27)26-15-17-29(18-16-26)40-34(37,38)39/h4-7,15-18,21,24-25,27H,2-3,8-14,19-20H2,1H3. The maximum atomic E-state index is 15.7. The van der Waals surface area contributed by atoms with Gasteiger partial charge < -0.3 is 4.74 Å². The summed E-state index contributed by atoms with van der Waals surface area (Å²) in [5, 5.41) is 0. The van der Waals surface area contributed by atoms with E-state index in [-0.39, 0.29) is 29.0 Å². The van der Waals surface area contributed by atoms with Gasteiger partial charge in [-0.25, -0.2) is 8.78 Å². The summed E-state index contributed by atoms with van der Waals surface area (Å²) in [6.45, 7) is 2.18. The van der Waals surface area contributed by atoms with Crippen molar-refractivity contribution < 1.29 is 26.7 Å². The first-order valence-electron chi connectivity index (χ1n) is 14.6. The average molecular weight is 557 g/mol. The van der Waals surface area contributed by atoms with Crippen molar-refractivity contribution in [1.29, 1.82) is 0 Å². The van der Waals surface area contributed by atoms with Crippen molar-refractivity contribution in [1.82, 2.24) is 0 Å². The molecule has 5 rings (SSSR count). The molecule has 6 heteroatoms. The van der Waals surface area contributed by atoms with Gasteiger partial charge in [0, 0.05) is 5.56 Å². The van der Waals surface area contributed by atoms with Crippen LogP contribution in [0.15, 0.2) is 54.6 Å². The SMILES string of the molecule is CCCc1ccc(CCC2CCc3c(cc(F)c(C4CCC(c5ccc(OC(F)(F)F)cc5)CC4)c3F)C2)cc1. The Morgan fingerprint density at radius 2 is 1.43 bits per heavy atom. The molecule has 0 radical (unpaired) electrons. The monoisotopic (exact) mass is 556 g/mol. The molecule has 214 valence electrons. The van der Waals surface area contributed by atoms with Gasteiger partial charge in [0.2, 0.25) is 0 Å². The Bertz CT molecular complexity index is 1270. The van der Waals surface area contributed by atoms with Gasteiger partial charge in [-0.15, -0.1) is 13.2 Å². The third kappa shape index (κ3) is 6.87. The Morgan fingerprint density at radius 3 is 2.05 bits per heavy atom. The second-order valence-electron chi connectivity index (χ2n) is 11.6. The number of fused-ring (bicyclic) bond motifs is 1. The first-order valence-corrected chi connectivity index (χ1v) is 14.6. The number of benzene rings is 3. The van der Waals surface area contributed by atoms with Gasteiger partial charge in [0.1, 0.15) is 17.4 Å². The average Bonchev–Trinajstić information content (AvgIpc) is 2.93. The maximum absolute atomic E-state index is 15.7. The molecular weight excluding hydrogens is 519 g/mol. The molecule has 3 aromatic rings. The molecule has 1 atom stereocenters. The summed E-state index contributed by atoms with van der Waals surface area (Å²) in [6, 6.07) is 16.4. The lowest BCUT2D eigenvalue weighted by atomic mass is 9.74. The molecule has 0 spiro atoms. The van der Waals surface area contributed by atoms with Crippen molar-refractivity contribution >= 4 is 0 Å². The van der Waals surface area contributed by atoms with Gasteiger partial charge in [-0.2, -0.15) is 0 Å². The largest absolute Gasteiger partial charge is 0.573 e.